The molecule has 2 aromatic heterocycles. The fourth-order valence-corrected chi connectivity index (χ4v) is 9.82. The smallest absolute Gasteiger partial charge is 0.371 e. The number of fused-ring (bicyclic) bond motifs is 1. The third kappa shape index (κ3) is 8.18. The van der Waals surface area contributed by atoms with Crippen molar-refractivity contribution in [3.8, 4) is 0 Å². The van der Waals surface area contributed by atoms with Crippen LogP contribution in [0.25, 0.3) is 11.0 Å². The number of rotatable bonds is 9. The average molecular weight is 796 g/mol. The van der Waals surface area contributed by atoms with Crippen LogP contribution in [0.3, 0.4) is 0 Å². The molecule has 18 heteroatoms. The molecule has 298 valence electrons. The molecule has 4 aliphatic heterocycles. The minimum Gasteiger partial charge on any atom is -0.371 e. The van der Waals surface area contributed by atoms with Gasteiger partial charge in [0.05, 0.1) is 15.8 Å². The van der Waals surface area contributed by atoms with E-state index < -0.39 is 27.8 Å². The standard InChI is InChI=1S/C38H44F3N9O5S/c39-38(40,41)28-22-42-36(43-23-28)44-29-10-17-49(18-11-29)56(53,54)31-3-1-2-30(21-31)48-15-6-25(7-16-48)24-47-13-8-26(9-14-47)27-4-5-32-33(20-27)55-46-35(32)50-19-12-34(51)45-37(50)52/h1-5,20-23,25-26,29H,6-19,24H2,(H,42,43,44)(H,45,51,52). The number of sulfonamides is 1. The molecule has 2 N–H and O–H groups in total. The molecule has 4 aliphatic rings. The van der Waals surface area contributed by atoms with E-state index in [1.807, 2.05) is 18.2 Å². The maximum absolute atomic E-state index is 13.7. The molecule has 0 atom stereocenters. The van der Waals surface area contributed by atoms with E-state index in [-0.39, 0.29) is 48.8 Å². The van der Waals surface area contributed by atoms with Crippen LogP contribution in [0.5, 0.6) is 0 Å². The van der Waals surface area contributed by atoms with Gasteiger partial charge in [-0.3, -0.25) is 15.0 Å². The van der Waals surface area contributed by atoms with Crippen LogP contribution in [-0.2, 0) is 21.0 Å². The maximum Gasteiger partial charge on any atom is 0.419 e. The molecular formula is C38H44F3N9O5S. The topological polar surface area (TPSA) is 157 Å². The molecule has 6 heterocycles. The number of carbonyl (C=O) groups is 2. The highest BCUT2D eigenvalue weighted by Gasteiger charge is 2.34. The van der Waals surface area contributed by atoms with Crippen molar-refractivity contribution in [1.29, 1.82) is 0 Å². The molecule has 0 spiro atoms. The number of anilines is 3. The Balaban J connectivity index is 0.791. The van der Waals surface area contributed by atoms with Crippen molar-refractivity contribution in [3.63, 3.8) is 0 Å². The summed E-state index contributed by atoms with van der Waals surface area (Å²) in [4.78, 5) is 38.0. The lowest BCUT2D eigenvalue weighted by Gasteiger charge is -2.38. The van der Waals surface area contributed by atoms with Crippen LogP contribution in [0.2, 0.25) is 0 Å². The van der Waals surface area contributed by atoms with E-state index in [0.717, 1.165) is 81.9 Å². The number of carbonyl (C=O) groups excluding carboxylic acids is 2. The second-order valence-electron chi connectivity index (χ2n) is 15.1. The second kappa shape index (κ2) is 15.6. The highest BCUT2D eigenvalue weighted by molar-refractivity contribution is 7.89. The van der Waals surface area contributed by atoms with Crippen LogP contribution in [0.1, 0.15) is 62.0 Å². The van der Waals surface area contributed by atoms with Gasteiger partial charge in [-0.05, 0) is 99.3 Å². The molecule has 8 rings (SSSR count). The number of halogens is 3. The summed E-state index contributed by atoms with van der Waals surface area (Å²) in [6.07, 6.45) is 2.24. The zero-order chi connectivity index (χ0) is 39.0. The van der Waals surface area contributed by atoms with Crippen LogP contribution in [-0.4, -0.2) is 103 Å². The largest absolute Gasteiger partial charge is 0.419 e. The number of nitrogens with zero attached hydrogens (tertiary/aromatic N) is 7. The van der Waals surface area contributed by atoms with Crippen molar-refractivity contribution in [2.75, 3.05) is 67.5 Å². The first-order valence-corrected chi connectivity index (χ1v) is 20.6. The van der Waals surface area contributed by atoms with Crippen LogP contribution in [0.4, 0.5) is 35.4 Å². The van der Waals surface area contributed by atoms with E-state index in [1.165, 1.54) is 14.8 Å². The molecule has 14 nitrogen and oxygen atoms in total. The summed E-state index contributed by atoms with van der Waals surface area (Å²) in [6.45, 7) is 5.56. The zero-order valence-corrected chi connectivity index (χ0v) is 31.6. The Labute approximate surface area is 322 Å². The number of piperidine rings is 3. The van der Waals surface area contributed by atoms with Gasteiger partial charge in [0.2, 0.25) is 21.9 Å². The maximum atomic E-state index is 13.7. The molecule has 4 fully saturated rings. The normalized spacial score (nSPS) is 20.5. The van der Waals surface area contributed by atoms with Crippen LogP contribution < -0.4 is 20.4 Å². The predicted octanol–water partition coefficient (Wildman–Crippen LogP) is 5.44. The quantitative estimate of drug-likeness (QED) is 0.222. The third-order valence-electron chi connectivity index (χ3n) is 11.6. The van der Waals surface area contributed by atoms with Crippen molar-refractivity contribution in [2.45, 2.75) is 68.0 Å². The monoisotopic (exact) mass is 795 g/mol. The number of alkyl halides is 3. The minimum absolute atomic E-state index is 0.0857. The van der Waals surface area contributed by atoms with Crippen molar-refractivity contribution in [3.05, 3.63) is 66.0 Å². The van der Waals surface area contributed by atoms with Crippen molar-refractivity contribution < 1.29 is 35.7 Å². The molecular weight excluding hydrogens is 752 g/mol. The molecule has 56 heavy (non-hydrogen) atoms. The molecule has 0 radical (unpaired) electrons. The average Bonchev–Trinajstić information content (AvgIpc) is 3.62. The lowest BCUT2D eigenvalue weighted by molar-refractivity contribution is -0.138. The first-order valence-electron chi connectivity index (χ1n) is 19.1. The summed E-state index contributed by atoms with van der Waals surface area (Å²) < 4.78 is 72.9. The summed E-state index contributed by atoms with van der Waals surface area (Å²) in [5.74, 6) is 1.18. The molecule has 0 saturated carbocycles. The number of imide groups is 1. The Bertz CT molecular complexity index is 2160. The van der Waals surface area contributed by atoms with Gasteiger partial charge in [-0.15, -0.1) is 0 Å². The van der Waals surface area contributed by atoms with Gasteiger partial charge >= 0.3 is 12.2 Å². The lowest BCUT2D eigenvalue weighted by Crippen LogP contribution is -2.49. The first-order chi connectivity index (χ1) is 26.9. The van der Waals surface area contributed by atoms with Crippen LogP contribution in [0, 0.1) is 5.92 Å². The zero-order valence-electron chi connectivity index (χ0n) is 30.7. The number of aromatic nitrogens is 3. The van der Waals surface area contributed by atoms with Gasteiger partial charge in [-0.2, -0.15) is 17.5 Å². The summed E-state index contributed by atoms with van der Waals surface area (Å²) in [5, 5.41) is 10.3. The molecule has 0 aliphatic carbocycles. The molecule has 3 amide bonds. The predicted molar refractivity (Wildman–Crippen MR) is 202 cm³/mol. The molecule has 0 unspecified atom stereocenters. The number of hydrogen-bond donors (Lipinski definition) is 2. The number of amides is 3. The number of likely N-dealkylation sites (tertiary alicyclic amines) is 1. The Morgan fingerprint density at radius 2 is 1.61 bits per heavy atom. The van der Waals surface area contributed by atoms with E-state index in [0.29, 0.717) is 36.1 Å². The van der Waals surface area contributed by atoms with Crippen molar-refractivity contribution in [2.24, 2.45) is 5.92 Å². The molecule has 2 aromatic carbocycles. The highest BCUT2D eigenvalue weighted by atomic mass is 32.2. The SMILES string of the molecule is O=C1CCN(c2noc3cc(C4CCN(CC5CCN(c6cccc(S(=O)(=O)N7CCC(Nc8ncc(C(F)(F)F)cn8)CC7)c6)CC5)CC4)ccc23)C(=O)N1. The van der Waals surface area contributed by atoms with E-state index in [2.05, 4.69) is 41.6 Å². The summed E-state index contributed by atoms with van der Waals surface area (Å²) >= 11 is 0. The number of hydrogen-bond acceptors (Lipinski definition) is 11. The first kappa shape index (κ1) is 38.1. The Morgan fingerprint density at radius 1 is 0.875 bits per heavy atom. The van der Waals surface area contributed by atoms with Gasteiger partial charge in [0.15, 0.2) is 11.4 Å². The van der Waals surface area contributed by atoms with Crippen molar-refractivity contribution in [1.82, 2.24) is 29.6 Å². The van der Waals surface area contributed by atoms with Gasteiger partial charge in [0.1, 0.15) is 0 Å². The van der Waals surface area contributed by atoms with Crippen LogP contribution >= 0.6 is 0 Å². The van der Waals surface area contributed by atoms with Gasteiger partial charge in [-0.25, -0.2) is 23.2 Å². The van der Waals surface area contributed by atoms with E-state index in [9.17, 15) is 31.2 Å². The Morgan fingerprint density at radius 3 is 2.30 bits per heavy atom. The van der Waals surface area contributed by atoms with Gasteiger partial charge in [0.25, 0.3) is 0 Å². The van der Waals surface area contributed by atoms with Gasteiger partial charge < -0.3 is 19.6 Å². The van der Waals surface area contributed by atoms with E-state index >= 15 is 0 Å². The Kier molecular flexibility index (Phi) is 10.6. The van der Waals surface area contributed by atoms with Gasteiger partial charge in [0, 0.05) is 69.8 Å². The van der Waals surface area contributed by atoms with Crippen LogP contribution in [0.15, 0.2) is 64.3 Å². The molecule has 4 saturated heterocycles. The fourth-order valence-electron chi connectivity index (χ4n) is 8.31. The summed E-state index contributed by atoms with van der Waals surface area (Å²) in [5.41, 5.74) is 1.80. The fraction of sp³-hybridized carbons (Fsp3) is 0.500. The summed E-state index contributed by atoms with van der Waals surface area (Å²) in [7, 11) is -3.73. The van der Waals surface area contributed by atoms with Crippen molar-refractivity contribution >= 4 is 50.4 Å². The number of urea groups is 1. The number of nitrogens with one attached hydrogen (secondary N) is 2. The minimum atomic E-state index is -4.51. The Hall–Kier alpha value is -4.81. The summed E-state index contributed by atoms with van der Waals surface area (Å²) in [6, 6.07) is 12.6. The molecule has 4 aromatic rings. The van der Waals surface area contributed by atoms with E-state index in [4.69, 9.17) is 4.52 Å². The second-order valence-corrected chi connectivity index (χ2v) is 17.1. The van der Waals surface area contributed by atoms with Gasteiger partial charge in [-0.1, -0.05) is 17.3 Å². The third-order valence-corrected chi connectivity index (χ3v) is 13.5. The highest BCUT2D eigenvalue weighted by Crippen LogP contribution is 2.35. The lowest BCUT2D eigenvalue weighted by atomic mass is 9.88. The number of benzene rings is 2. The molecule has 0 bridgehead atoms. The van der Waals surface area contributed by atoms with E-state index in [1.54, 1.807) is 18.2 Å².